The lowest BCUT2D eigenvalue weighted by atomic mass is 10.1. The minimum Gasteiger partial charge on any atom is -0.496 e. The van der Waals surface area contributed by atoms with Gasteiger partial charge in [-0.1, -0.05) is 12.1 Å². The van der Waals surface area contributed by atoms with Crippen molar-refractivity contribution < 1.29 is 4.74 Å². The summed E-state index contributed by atoms with van der Waals surface area (Å²) >= 11 is 0. The molecule has 0 aliphatic heterocycles. The molecule has 35 heavy (non-hydrogen) atoms. The Morgan fingerprint density at radius 2 is 1.97 bits per heavy atom. The van der Waals surface area contributed by atoms with E-state index in [9.17, 15) is 0 Å². The second kappa shape index (κ2) is 9.80. The van der Waals surface area contributed by atoms with E-state index in [1.165, 1.54) is 5.69 Å². The van der Waals surface area contributed by atoms with Crippen LogP contribution in [-0.2, 0) is 6.54 Å². The van der Waals surface area contributed by atoms with Gasteiger partial charge in [-0.2, -0.15) is 5.21 Å². The molecule has 0 saturated heterocycles. The predicted molar refractivity (Wildman–Crippen MR) is 137 cm³/mol. The maximum Gasteiger partial charge on any atom is 0.206 e. The maximum atomic E-state index is 5.51. The van der Waals surface area contributed by atoms with Gasteiger partial charge in [0, 0.05) is 53.6 Å². The van der Waals surface area contributed by atoms with Crippen LogP contribution in [0.15, 0.2) is 54.9 Å². The predicted octanol–water partition coefficient (Wildman–Crippen LogP) is 4.14. The van der Waals surface area contributed by atoms with Gasteiger partial charge in [0.2, 0.25) is 5.82 Å². The first-order valence-electron chi connectivity index (χ1n) is 11.5. The van der Waals surface area contributed by atoms with Gasteiger partial charge in [-0.25, -0.2) is 9.97 Å². The molecule has 10 nitrogen and oxygen atoms in total. The summed E-state index contributed by atoms with van der Waals surface area (Å²) in [7, 11) is 1.70. The van der Waals surface area contributed by atoms with Crippen molar-refractivity contribution in [3.63, 3.8) is 0 Å². The Bertz CT molecular complexity index is 1440. The zero-order valence-electron chi connectivity index (χ0n) is 19.9. The summed E-state index contributed by atoms with van der Waals surface area (Å²) in [6.07, 6.45) is 1.58. The normalized spacial score (nSPS) is 11.1. The number of fused-ring (bicyclic) bond motifs is 1. The second-order valence-electron chi connectivity index (χ2n) is 8.07. The van der Waals surface area contributed by atoms with Crippen molar-refractivity contribution in [3.05, 3.63) is 60.6 Å². The van der Waals surface area contributed by atoms with Crippen LogP contribution in [0.3, 0.4) is 0 Å². The number of methoxy groups -OCH3 is 1. The average Bonchev–Trinajstić information content (AvgIpc) is 3.52. The topological polar surface area (TPSA) is 118 Å². The van der Waals surface area contributed by atoms with Crippen molar-refractivity contribution >= 4 is 22.4 Å². The smallest absolute Gasteiger partial charge is 0.206 e. The molecular weight excluding hydrogens is 442 g/mol. The lowest BCUT2D eigenvalue weighted by Gasteiger charge is -2.12. The minimum absolute atomic E-state index is 0.544. The first kappa shape index (κ1) is 22.3. The van der Waals surface area contributed by atoms with Crippen LogP contribution in [0.5, 0.6) is 5.75 Å². The summed E-state index contributed by atoms with van der Waals surface area (Å²) in [6.45, 7) is 6.45. The highest BCUT2D eigenvalue weighted by molar-refractivity contribution is 5.87. The molecule has 2 aromatic carbocycles. The van der Waals surface area contributed by atoms with Gasteiger partial charge in [0.25, 0.3) is 0 Å². The summed E-state index contributed by atoms with van der Waals surface area (Å²) in [5.74, 6) is 2.21. The molecule has 3 heterocycles. The Kier molecular flexibility index (Phi) is 6.25. The molecule has 10 heteroatoms. The number of ether oxygens (including phenoxy) is 1. The fraction of sp³-hybridized carbons (Fsp3) is 0.240. The summed E-state index contributed by atoms with van der Waals surface area (Å²) in [5, 5.41) is 22.3. The Balaban J connectivity index is 1.33. The average molecular weight is 470 g/mol. The molecule has 3 aromatic heterocycles. The lowest BCUT2D eigenvalue weighted by molar-refractivity contribution is 0.420. The Morgan fingerprint density at radius 1 is 1.06 bits per heavy atom. The van der Waals surface area contributed by atoms with Gasteiger partial charge < -0.3 is 19.9 Å². The lowest BCUT2D eigenvalue weighted by Crippen LogP contribution is -2.12. The molecule has 0 aliphatic rings. The Morgan fingerprint density at radius 3 is 2.77 bits per heavy atom. The number of aromatic amines is 1. The van der Waals surface area contributed by atoms with Crippen LogP contribution in [0.1, 0.15) is 12.6 Å². The molecule has 0 saturated carbocycles. The van der Waals surface area contributed by atoms with E-state index >= 15 is 0 Å². The van der Waals surface area contributed by atoms with E-state index in [2.05, 4.69) is 64.8 Å². The Labute approximate surface area is 202 Å². The van der Waals surface area contributed by atoms with E-state index in [1.807, 2.05) is 43.3 Å². The van der Waals surface area contributed by atoms with Crippen LogP contribution in [0.4, 0.5) is 11.5 Å². The van der Waals surface area contributed by atoms with E-state index in [0.29, 0.717) is 5.82 Å². The van der Waals surface area contributed by atoms with Crippen LogP contribution in [-0.4, -0.2) is 55.4 Å². The van der Waals surface area contributed by atoms with Gasteiger partial charge in [0.15, 0.2) is 0 Å². The number of hydrogen-bond donors (Lipinski definition) is 3. The highest BCUT2D eigenvalue weighted by atomic mass is 16.5. The van der Waals surface area contributed by atoms with Gasteiger partial charge in [-0.15, -0.1) is 10.2 Å². The monoisotopic (exact) mass is 469 g/mol. The fourth-order valence-electron chi connectivity index (χ4n) is 4.28. The van der Waals surface area contributed by atoms with Crippen LogP contribution in [0.25, 0.3) is 33.5 Å². The van der Waals surface area contributed by atoms with Crippen LogP contribution < -0.4 is 15.4 Å². The highest BCUT2D eigenvalue weighted by Gasteiger charge is 2.12. The quantitative estimate of drug-likeness (QED) is 0.295. The SMILES string of the molecule is CCNc1cc(-c2cc(NCCn3c(C)cc4c(OC)cccc43)ncn2)ccc1-c1nn[nH]n1. The van der Waals surface area contributed by atoms with Gasteiger partial charge >= 0.3 is 0 Å². The summed E-state index contributed by atoms with van der Waals surface area (Å²) in [6, 6.07) is 16.3. The number of aryl methyl sites for hydroxylation is 1. The molecule has 0 atom stereocenters. The number of tetrazole rings is 1. The van der Waals surface area contributed by atoms with Crippen molar-refractivity contribution in [3.8, 4) is 28.4 Å². The van der Waals surface area contributed by atoms with Crippen LogP contribution in [0, 0.1) is 6.92 Å². The summed E-state index contributed by atoms with van der Waals surface area (Å²) in [5.41, 5.74) is 5.94. The van der Waals surface area contributed by atoms with Gasteiger partial charge in [-0.05, 0) is 49.4 Å². The number of H-pyrrole nitrogens is 1. The maximum absolute atomic E-state index is 5.51. The molecule has 3 N–H and O–H groups in total. The van der Waals surface area contributed by atoms with Crippen molar-refractivity contribution in [2.75, 3.05) is 30.8 Å². The second-order valence-corrected chi connectivity index (χ2v) is 8.07. The molecule has 0 fully saturated rings. The molecule has 0 spiro atoms. The third-order valence-corrected chi connectivity index (χ3v) is 5.91. The molecule has 0 amide bonds. The van der Waals surface area contributed by atoms with E-state index < -0.39 is 0 Å². The molecular formula is C25H27N9O. The third kappa shape index (κ3) is 4.50. The van der Waals surface area contributed by atoms with Gasteiger partial charge in [0.05, 0.1) is 18.3 Å². The number of anilines is 2. The van der Waals surface area contributed by atoms with Gasteiger partial charge in [0.1, 0.15) is 17.9 Å². The molecule has 5 rings (SSSR count). The molecule has 0 aliphatic carbocycles. The number of hydrogen-bond acceptors (Lipinski definition) is 8. The number of aromatic nitrogens is 7. The number of nitrogens with zero attached hydrogens (tertiary/aromatic N) is 6. The zero-order chi connectivity index (χ0) is 24.2. The summed E-state index contributed by atoms with van der Waals surface area (Å²) in [4.78, 5) is 8.90. The molecule has 0 radical (unpaired) electrons. The van der Waals surface area contributed by atoms with E-state index in [4.69, 9.17) is 4.74 Å². The summed E-state index contributed by atoms with van der Waals surface area (Å²) < 4.78 is 7.80. The number of benzene rings is 2. The van der Waals surface area contributed by atoms with E-state index in [-0.39, 0.29) is 0 Å². The van der Waals surface area contributed by atoms with Crippen molar-refractivity contribution in [2.45, 2.75) is 20.4 Å². The van der Waals surface area contributed by atoms with E-state index in [1.54, 1.807) is 13.4 Å². The van der Waals surface area contributed by atoms with Crippen molar-refractivity contribution in [1.82, 2.24) is 35.2 Å². The third-order valence-electron chi connectivity index (χ3n) is 5.91. The van der Waals surface area contributed by atoms with E-state index in [0.717, 1.165) is 64.6 Å². The number of rotatable bonds is 9. The van der Waals surface area contributed by atoms with Crippen LogP contribution >= 0.6 is 0 Å². The minimum atomic E-state index is 0.544. The van der Waals surface area contributed by atoms with Crippen LogP contribution in [0.2, 0.25) is 0 Å². The van der Waals surface area contributed by atoms with Crippen molar-refractivity contribution in [1.29, 1.82) is 0 Å². The standard InChI is InChI=1S/C25H27N9O/c1-4-26-21-13-17(8-9-18(21)25-30-32-33-31-25)20-14-24(29-15-28-20)27-10-11-34-16(2)12-19-22(34)6-5-7-23(19)35-3/h5-9,12-15,26H,4,10-11H2,1-3H3,(H,27,28,29)(H,30,31,32,33). The number of nitrogens with one attached hydrogen (secondary N) is 3. The molecule has 0 unspecified atom stereocenters. The van der Waals surface area contributed by atoms with Gasteiger partial charge in [-0.3, -0.25) is 0 Å². The largest absolute Gasteiger partial charge is 0.496 e. The Hall–Kier alpha value is -4.47. The zero-order valence-corrected chi connectivity index (χ0v) is 19.9. The molecule has 0 bridgehead atoms. The fourth-order valence-corrected chi connectivity index (χ4v) is 4.28. The highest BCUT2D eigenvalue weighted by Crippen LogP contribution is 2.31. The first-order chi connectivity index (χ1) is 17.2. The first-order valence-corrected chi connectivity index (χ1v) is 11.5. The molecule has 178 valence electrons. The molecule has 5 aromatic rings. The van der Waals surface area contributed by atoms with Crippen molar-refractivity contribution in [2.24, 2.45) is 0 Å².